The molecule has 0 aliphatic rings. The number of ether oxygens (including phenoxy) is 2. The van der Waals surface area contributed by atoms with E-state index in [1.165, 1.54) is 7.11 Å². The van der Waals surface area contributed by atoms with Gasteiger partial charge >= 0.3 is 11.9 Å². The quantitative estimate of drug-likeness (QED) is 0.690. The molecule has 0 fully saturated rings. The molecule has 120 valence electrons. The highest BCUT2D eigenvalue weighted by atomic mass is 16.6. The molecule has 2 aromatic carbocycles. The molecule has 5 heteroatoms. The van der Waals surface area contributed by atoms with Gasteiger partial charge in [0.15, 0.2) is 0 Å². The van der Waals surface area contributed by atoms with E-state index in [2.05, 4.69) is 4.98 Å². The number of carbonyl (C=O) groups is 2. The lowest BCUT2D eigenvalue weighted by molar-refractivity contribution is -0.151. The van der Waals surface area contributed by atoms with Crippen LogP contribution in [0.4, 0.5) is 0 Å². The third kappa shape index (κ3) is 3.25. The molecule has 0 saturated carbocycles. The minimum atomic E-state index is -1.13. The zero-order valence-electron chi connectivity index (χ0n) is 13.0. The second kappa shape index (κ2) is 6.91. The van der Waals surface area contributed by atoms with E-state index in [1.807, 2.05) is 24.3 Å². The molecule has 1 atom stereocenters. The van der Waals surface area contributed by atoms with Gasteiger partial charge in [-0.25, -0.2) is 14.6 Å². The summed E-state index contributed by atoms with van der Waals surface area (Å²) in [6, 6.07) is 19.5. The lowest BCUT2D eigenvalue weighted by Gasteiger charge is -2.15. The van der Waals surface area contributed by atoms with Crippen molar-refractivity contribution >= 4 is 22.8 Å². The number of carbonyl (C=O) groups excluding carboxylic acids is 2. The van der Waals surface area contributed by atoms with Gasteiger partial charge in [0.05, 0.1) is 12.6 Å². The molecular formula is C19H15NO4. The molecule has 0 aliphatic carbocycles. The summed E-state index contributed by atoms with van der Waals surface area (Å²) >= 11 is 0. The first-order valence-corrected chi connectivity index (χ1v) is 7.38. The van der Waals surface area contributed by atoms with Crippen LogP contribution in [0.25, 0.3) is 10.9 Å². The van der Waals surface area contributed by atoms with Crippen LogP contribution >= 0.6 is 0 Å². The smallest absolute Gasteiger partial charge is 0.358 e. The van der Waals surface area contributed by atoms with E-state index >= 15 is 0 Å². The fourth-order valence-electron chi connectivity index (χ4n) is 2.33. The third-order valence-electron chi connectivity index (χ3n) is 3.55. The lowest BCUT2D eigenvalue weighted by Crippen LogP contribution is -2.21. The summed E-state index contributed by atoms with van der Waals surface area (Å²) < 4.78 is 10.1. The van der Waals surface area contributed by atoms with Crippen molar-refractivity contribution in [2.24, 2.45) is 0 Å². The van der Waals surface area contributed by atoms with Gasteiger partial charge in [-0.3, -0.25) is 0 Å². The van der Waals surface area contributed by atoms with Crippen LogP contribution in [0, 0.1) is 0 Å². The molecule has 0 N–H and O–H groups in total. The number of hydrogen-bond donors (Lipinski definition) is 0. The highest BCUT2D eigenvalue weighted by molar-refractivity contribution is 5.92. The zero-order chi connectivity index (χ0) is 16.9. The van der Waals surface area contributed by atoms with Crippen LogP contribution in [0.1, 0.15) is 22.2 Å². The maximum absolute atomic E-state index is 12.4. The SMILES string of the molecule is COC(=O)C(OC(=O)c1ccc2ccccc2n1)c1ccccc1. The van der Waals surface area contributed by atoms with Crippen LogP contribution in [0.5, 0.6) is 0 Å². The van der Waals surface area contributed by atoms with Gasteiger partial charge in [-0.15, -0.1) is 0 Å². The van der Waals surface area contributed by atoms with Crippen LogP contribution in [0.3, 0.4) is 0 Å². The number of para-hydroxylation sites is 1. The number of nitrogens with zero attached hydrogens (tertiary/aromatic N) is 1. The average molecular weight is 321 g/mol. The molecule has 0 saturated heterocycles. The van der Waals surface area contributed by atoms with Gasteiger partial charge in [0, 0.05) is 10.9 Å². The fraction of sp³-hybridized carbons (Fsp3) is 0.105. The summed E-state index contributed by atoms with van der Waals surface area (Å²) in [4.78, 5) is 28.7. The number of hydrogen-bond acceptors (Lipinski definition) is 5. The molecule has 5 nitrogen and oxygen atoms in total. The number of rotatable bonds is 4. The first-order chi connectivity index (χ1) is 11.7. The second-order valence-corrected chi connectivity index (χ2v) is 5.11. The molecule has 0 radical (unpaired) electrons. The highest BCUT2D eigenvalue weighted by Crippen LogP contribution is 2.21. The summed E-state index contributed by atoms with van der Waals surface area (Å²) in [6.07, 6.45) is -1.13. The Morgan fingerprint density at radius 3 is 2.38 bits per heavy atom. The van der Waals surface area contributed by atoms with E-state index in [9.17, 15) is 9.59 Å². The monoisotopic (exact) mass is 321 g/mol. The molecule has 0 aliphatic heterocycles. The molecule has 3 aromatic rings. The number of pyridine rings is 1. The Hall–Kier alpha value is -3.21. The van der Waals surface area contributed by atoms with Crippen molar-refractivity contribution in [3.63, 3.8) is 0 Å². The maximum atomic E-state index is 12.4. The van der Waals surface area contributed by atoms with Gasteiger partial charge < -0.3 is 9.47 Å². The fourth-order valence-corrected chi connectivity index (χ4v) is 2.33. The van der Waals surface area contributed by atoms with Gasteiger partial charge in [-0.1, -0.05) is 54.6 Å². The van der Waals surface area contributed by atoms with Crippen molar-refractivity contribution in [1.29, 1.82) is 0 Å². The number of fused-ring (bicyclic) bond motifs is 1. The molecule has 1 unspecified atom stereocenters. The molecule has 0 amide bonds. The van der Waals surface area contributed by atoms with Crippen LogP contribution in [0.2, 0.25) is 0 Å². The predicted octanol–water partition coefficient (Wildman–Crippen LogP) is 3.31. The van der Waals surface area contributed by atoms with Gasteiger partial charge in [0.1, 0.15) is 5.69 Å². The molecule has 1 heterocycles. The Labute approximate surface area is 138 Å². The van der Waals surface area contributed by atoms with Crippen molar-refractivity contribution in [2.45, 2.75) is 6.10 Å². The highest BCUT2D eigenvalue weighted by Gasteiger charge is 2.26. The van der Waals surface area contributed by atoms with Crippen LogP contribution < -0.4 is 0 Å². The Bertz CT molecular complexity index is 877. The summed E-state index contributed by atoms with van der Waals surface area (Å²) in [6.45, 7) is 0. The van der Waals surface area contributed by atoms with Crippen molar-refractivity contribution in [1.82, 2.24) is 4.98 Å². The Balaban J connectivity index is 1.88. The van der Waals surface area contributed by atoms with E-state index in [1.54, 1.807) is 42.5 Å². The first kappa shape index (κ1) is 15.7. The van der Waals surface area contributed by atoms with Crippen molar-refractivity contribution in [3.8, 4) is 0 Å². The van der Waals surface area contributed by atoms with Crippen molar-refractivity contribution in [3.05, 3.63) is 78.0 Å². The maximum Gasteiger partial charge on any atom is 0.358 e. The summed E-state index contributed by atoms with van der Waals surface area (Å²) in [7, 11) is 1.25. The first-order valence-electron chi connectivity index (χ1n) is 7.38. The Morgan fingerprint density at radius 1 is 0.917 bits per heavy atom. The van der Waals surface area contributed by atoms with Crippen LogP contribution in [0.15, 0.2) is 66.7 Å². The van der Waals surface area contributed by atoms with Crippen LogP contribution in [-0.4, -0.2) is 24.0 Å². The number of benzene rings is 2. The summed E-state index contributed by atoms with van der Waals surface area (Å²) in [5.41, 5.74) is 1.36. The average Bonchev–Trinajstić information content (AvgIpc) is 2.65. The second-order valence-electron chi connectivity index (χ2n) is 5.11. The Kier molecular flexibility index (Phi) is 4.52. The molecular weight excluding hydrogens is 306 g/mol. The molecule has 0 bridgehead atoms. The molecule has 24 heavy (non-hydrogen) atoms. The van der Waals surface area contributed by atoms with Gasteiger partial charge in [-0.2, -0.15) is 0 Å². The third-order valence-corrected chi connectivity index (χ3v) is 3.55. The number of aromatic nitrogens is 1. The predicted molar refractivity (Wildman–Crippen MR) is 88.4 cm³/mol. The van der Waals surface area contributed by atoms with Gasteiger partial charge in [0.2, 0.25) is 6.10 Å². The van der Waals surface area contributed by atoms with E-state index < -0.39 is 18.0 Å². The van der Waals surface area contributed by atoms with Crippen LogP contribution in [-0.2, 0) is 14.3 Å². The van der Waals surface area contributed by atoms with E-state index in [4.69, 9.17) is 9.47 Å². The molecule has 1 aromatic heterocycles. The molecule has 0 spiro atoms. The van der Waals surface area contributed by atoms with E-state index in [0.717, 1.165) is 5.39 Å². The number of methoxy groups -OCH3 is 1. The zero-order valence-corrected chi connectivity index (χ0v) is 13.0. The number of esters is 2. The standard InChI is InChI=1S/C19H15NO4/c1-23-19(22)17(14-8-3-2-4-9-14)24-18(21)16-12-11-13-7-5-6-10-15(13)20-16/h2-12,17H,1H3. The van der Waals surface area contributed by atoms with Gasteiger partial charge in [0.25, 0.3) is 0 Å². The van der Waals surface area contributed by atoms with E-state index in [0.29, 0.717) is 11.1 Å². The van der Waals surface area contributed by atoms with Crippen molar-refractivity contribution < 1.29 is 19.1 Å². The normalized spacial score (nSPS) is 11.7. The minimum absolute atomic E-state index is 0.138. The largest absolute Gasteiger partial charge is 0.466 e. The van der Waals surface area contributed by atoms with Crippen molar-refractivity contribution in [2.75, 3.05) is 7.11 Å². The lowest BCUT2D eigenvalue weighted by atomic mass is 10.1. The summed E-state index contributed by atoms with van der Waals surface area (Å²) in [5, 5.41) is 0.918. The topological polar surface area (TPSA) is 65.5 Å². The van der Waals surface area contributed by atoms with Gasteiger partial charge in [-0.05, 0) is 12.1 Å². The molecule has 3 rings (SSSR count). The summed E-state index contributed by atoms with van der Waals surface area (Å²) in [5.74, 6) is -1.32. The minimum Gasteiger partial charge on any atom is -0.466 e. The Morgan fingerprint density at radius 2 is 1.62 bits per heavy atom. The van der Waals surface area contributed by atoms with E-state index in [-0.39, 0.29) is 5.69 Å².